The van der Waals surface area contributed by atoms with E-state index in [1.54, 1.807) is 11.7 Å². The van der Waals surface area contributed by atoms with Gasteiger partial charge in [-0.1, -0.05) is 30.3 Å². The summed E-state index contributed by atoms with van der Waals surface area (Å²) in [6.45, 7) is 3.26. The zero-order valence-electron chi connectivity index (χ0n) is 15.5. The summed E-state index contributed by atoms with van der Waals surface area (Å²) in [7, 11) is 1.66. The lowest BCUT2D eigenvalue weighted by Gasteiger charge is -2.16. The second-order valence-corrected chi connectivity index (χ2v) is 6.45. The maximum atomic E-state index is 12.3. The summed E-state index contributed by atoms with van der Waals surface area (Å²) in [4.78, 5) is 12.3. The van der Waals surface area contributed by atoms with E-state index >= 15 is 0 Å². The highest BCUT2D eigenvalue weighted by Gasteiger charge is 2.09. The van der Waals surface area contributed by atoms with Crippen LogP contribution < -0.4 is 15.6 Å². The Morgan fingerprint density at radius 2 is 1.85 bits per heavy atom. The first-order valence-corrected chi connectivity index (χ1v) is 8.76. The van der Waals surface area contributed by atoms with Crippen molar-refractivity contribution in [1.29, 1.82) is 0 Å². The van der Waals surface area contributed by atoms with Gasteiger partial charge >= 0.3 is 0 Å². The van der Waals surface area contributed by atoms with Gasteiger partial charge in [-0.15, -0.1) is 12.4 Å². The number of nitrogens with zero attached hydrogens (tertiary/aromatic N) is 1. The van der Waals surface area contributed by atoms with Crippen LogP contribution in [0.2, 0.25) is 0 Å². The van der Waals surface area contributed by atoms with E-state index in [1.807, 2.05) is 36.4 Å². The molecule has 1 heterocycles. The second kappa shape index (κ2) is 9.44. The van der Waals surface area contributed by atoms with Crippen molar-refractivity contribution >= 4 is 23.3 Å². The molecule has 27 heavy (non-hydrogen) atoms. The van der Waals surface area contributed by atoms with Gasteiger partial charge in [-0.05, 0) is 43.2 Å². The third-order valence-corrected chi connectivity index (χ3v) is 4.51. The molecule has 0 bridgehead atoms. The van der Waals surface area contributed by atoms with E-state index in [-0.39, 0.29) is 29.8 Å². The van der Waals surface area contributed by atoms with Crippen molar-refractivity contribution in [3.8, 4) is 11.5 Å². The number of pyridine rings is 1. The third kappa shape index (κ3) is 5.02. The van der Waals surface area contributed by atoms with E-state index in [2.05, 4.69) is 24.4 Å². The lowest BCUT2D eigenvalue weighted by atomic mass is 10.1. The summed E-state index contributed by atoms with van der Waals surface area (Å²) in [5.41, 5.74) is 1.71. The zero-order chi connectivity index (χ0) is 18.5. The molecular weight excluding hydrogens is 364 g/mol. The zero-order valence-corrected chi connectivity index (χ0v) is 16.3. The standard InChI is InChI=1S/C21H24N2O3.ClH/c1-15(13-16-7-9-18(26-2)10-8-16)22-11-12-23-19-6-4-3-5-17(19)14-20(24)21(23)25;/h3-10,14-15,22,24H,11-13H2,1-2H3;1H/t15-;/m1./s1. The van der Waals surface area contributed by atoms with Crippen molar-refractivity contribution in [2.24, 2.45) is 0 Å². The normalized spacial score (nSPS) is 11.8. The molecule has 3 rings (SSSR count). The summed E-state index contributed by atoms with van der Waals surface area (Å²) in [5, 5.41) is 14.2. The predicted molar refractivity (Wildman–Crippen MR) is 111 cm³/mol. The molecule has 0 aliphatic heterocycles. The minimum atomic E-state index is -0.353. The minimum Gasteiger partial charge on any atom is -0.503 e. The number of aromatic nitrogens is 1. The molecule has 6 heteroatoms. The third-order valence-electron chi connectivity index (χ3n) is 4.51. The van der Waals surface area contributed by atoms with Crippen LogP contribution in [-0.4, -0.2) is 29.4 Å². The van der Waals surface area contributed by atoms with Gasteiger partial charge < -0.3 is 19.7 Å². The SMILES string of the molecule is COc1ccc(C[C@@H](C)NCCn2c(=O)c(O)cc3ccccc32)cc1.Cl. The van der Waals surface area contributed by atoms with Crippen molar-refractivity contribution in [2.45, 2.75) is 25.9 Å². The number of para-hydroxylation sites is 1. The molecule has 0 aliphatic rings. The Balaban J connectivity index is 0.00000261. The first kappa shape index (κ1) is 20.8. The summed E-state index contributed by atoms with van der Waals surface area (Å²) >= 11 is 0. The van der Waals surface area contributed by atoms with Gasteiger partial charge in [-0.3, -0.25) is 4.79 Å². The van der Waals surface area contributed by atoms with Crippen LogP contribution in [0.15, 0.2) is 59.4 Å². The van der Waals surface area contributed by atoms with Gasteiger partial charge in [0.15, 0.2) is 5.75 Å². The van der Waals surface area contributed by atoms with Crippen LogP contribution in [0.25, 0.3) is 10.9 Å². The Hall–Kier alpha value is -2.50. The van der Waals surface area contributed by atoms with Crippen molar-refractivity contribution in [1.82, 2.24) is 9.88 Å². The average molecular weight is 389 g/mol. The monoisotopic (exact) mass is 388 g/mol. The van der Waals surface area contributed by atoms with E-state index in [0.29, 0.717) is 13.1 Å². The fourth-order valence-corrected chi connectivity index (χ4v) is 3.14. The van der Waals surface area contributed by atoms with E-state index in [4.69, 9.17) is 4.74 Å². The van der Waals surface area contributed by atoms with Crippen LogP contribution in [0.5, 0.6) is 11.5 Å². The summed E-state index contributed by atoms with van der Waals surface area (Å²) in [6, 6.07) is 17.4. The number of halogens is 1. The summed E-state index contributed by atoms with van der Waals surface area (Å²) < 4.78 is 6.80. The number of rotatable bonds is 7. The van der Waals surface area contributed by atoms with E-state index < -0.39 is 0 Å². The topological polar surface area (TPSA) is 63.5 Å². The molecule has 1 aromatic heterocycles. The van der Waals surface area contributed by atoms with Gasteiger partial charge in [0.1, 0.15) is 5.75 Å². The number of aromatic hydroxyl groups is 1. The first-order valence-electron chi connectivity index (χ1n) is 8.76. The lowest BCUT2D eigenvalue weighted by Crippen LogP contribution is -2.33. The minimum absolute atomic E-state index is 0. The molecule has 0 aliphatic carbocycles. The number of hydrogen-bond acceptors (Lipinski definition) is 4. The quantitative estimate of drug-likeness (QED) is 0.651. The molecule has 0 spiro atoms. The Morgan fingerprint density at radius 3 is 2.56 bits per heavy atom. The van der Waals surface area contributed by atoms with Crippen LogP contribution in [-0.2, 0) is 13.0 Å². The Labute approximate surface area is 165 Å². The molecule has 0 radical (unpaired) electrons. The maximum Gasteiger partial charge on any atom is 0.293 e. The van der Waals surface area contributed by atoms with Gasteiger partial charge in [-0.25, -0.2) is 0 Å². The van der Waals surface area contributed by atoms with E-state index in [0.717, 1.165) is 23.1 Å². The first-order chi connectivity index (χ1) is 12.6. The van der Waals surface area contributed by atoms with Gasteiger partial charge in [0, 0.05) is 24.5 Å². The molecule has 3 aromatic rings. The molecule has 0 saturated heterocycles. The smallest absolute Gasteiger partial charge is 0.293 e. The van der Waals surface area contributed by atoms with Crippen molar-refractivity contribution < 1.29 is 9.84 Å². The van der Waals surface area contributed by atoms with Gasteiger partial charge in [0.2, 0.25) is 0 Å². The van der Waals surface area contributed by atoms with Crippen LogP contribution in [0, 0.1) is 0 Å². The molecule has 0 amide bonds. The molecule has 0 unspecified atom stereocenters. The fourth-order valence-electron chi connectivity index (χ4n) is 3.14. The maximum absolute atomic E-state index is 12.3. The van der Waals surface area contributed by atoms with Gasteiger partial charge in [0.25, 0.3) is 5.56 Å². The largest absolute Gasteiger partial charge is 0.503 e. The Morgan fingerprint density at radius 1 is 1.15 bits per heavy atom. The van der Waals surface area contributed by atoms with E-state index in [1.165, 1.54) is 11.6 Å². The molecule has 5 nitrogen and oxygen atoms in total. The van der Waals surface area contributed by atoms with Gasteiger partial charge in [-0.2, -0.15) is 0 Å². The number of benzene rings is 2. The summed E-state index contributed by atoms with van der Waals surface area (Å²) in [6.07, 6.45) is 0.889. The van der Waals surface area contributed by atoms with Crippen molar-refractivity contribution in [3.63, 3.8) is 0 Å². The number of hydrogen-bond donors (Lipinski definition) is 2. The van der Waals surface area contributed by atoms with Crippen molar-refractivity contribution in [3.05, 3.63) is 70.5 Å². The molecule has 144 valence electrons. The number of ether oxygens (including phenoxy) is 1. The average Bonchev–Trinajstić information content (AvgIpc) is 2.65. The van der Waals surface area contributed by atoms with Crippen molar-refractivity contribution in [2.75, 3.05) is 13.7 Å². The lowest BCUT2D eigenvalue weighted by molar-refractivity contribution is 0.414. The number of methoxy groups -OCH3 is 1. The van der Waals surface area contributed by atoms with Crippen LogP contribution in [0.3, 0.4) is 0 Å². The molecular formula is C21H25ClN2O3. The molecule has 1 atom stereocenters. The van der Waals surface area contributed by atoms with Crippen LogP contribution >= 0.6 is 12.4 Å². The second-order valence-electron chi connectivity index (χ2n) is 6.45. The molecule has 0 fully saturated rings. The molecule has 0 saturated carbocycles. The fraction of sp³-hybridized carbons (Fsp3) is 0.286. The van der Waals surface area contributed by atoms with Crippen LogP contribution in [0.4, 0.5) is 0 Å². The molecule has 2 N–H and O–H groups in total. The predicted octanol–water partition coefficient (Wildman–Crippen LogP) is 3.36. The highest BCUT2D eigenvalue weighted by atomic mass is 35.5. The van der Waals surface area contributed by atoms with E-state index in [9.17, 15) is 9.90 Å². The highest BCUT2D eigenvalue weighted by molar-refractivity contribution is 5.85. The Bertz CT molecular complexity index is 938. The Kier molecular flexibility index (Phi) is 7.28. The molecule has 2 aromatic carbocycles. The number of nitrogens with one attached hydrogen (secondary N) is 1. The summed E-state index contributed by atoms with van der Waals surface area (Å²) in [5.74, 6) is 0.638. The highest BCUT2D eigenvalue weighted by Crippen LogP contribution is 2.16. The number of fused-ring (bicyclic) bond motifs is 1. The van der Waals surface area contributed by atoms with Gasteiger partial charge in [0.05, 0.1) is 12.6 Å². The van der Waals surface area contributed by atoms with Crippen LogP contribution in [0.1, 0.15) is 12.5 Å².